The van der Waals surface area contributed by atoms with Crippen molar-refractivity contribution < 1.29 is 9.53 Å². The molecule has 0 radical (unpaired) electrons. The van der Waals surface area contributed by atoms with Crippen LogP contribution in [-0.2, 0) is 11.2 Å². The average Bonchev–Trinajstić information content (AvgIpc) is 3.21. The fraction of sp³-hybridized carbons (Fsp3) is 0.273. The lowest BCUT2D eigenvalue weighted by Crippen LogP contribution is -2.33. The lowest BCUT2D eigenvalue weighted by molar-refractivity contribution is -0.123. The normalized spacial score (nSPS) is 11.8. The van der Waals surface area contributed by atoms with Gasteiger partial charge in [0.05, 0.1) is 17.9 Å². The second-order valence-corrected chi connectivity index (χ2v) is 6.36. The minimum absolute atomic E-state index is 0.0196. The maximum atomic E-state index is 12.3. The summed E-state index contributed by atoms with van der Waals surface area (Å²) in [4.78, 5) is 20.0. The molecular formula is C22H25N3O2. The predicted molar refractivity (Wildman–Crippen MR) is 107 cm³/mol. The number of nitrogens with zero attached hydrogens (tertiary/aromatic N) is 1. The fourth-order valence-electron chi connectivity index (χ4n) is 2.85. The maximum absolute atomic E-state index is 12.3. The number of rotatable bonds is 8. The van der Waals surface area contributed by atoms with Crippen LogP contribution in [0.2, 0.25) is 0 Å². The van der Waals surface area contributed by atoms with Crippen LogP contribution >= 0.6 is 0 Å². The number of ether oxygens (including phenoxy) is 1. The largest absolute Gasteiger partial charge is 0.484 e. The second kappa shape index (κ2) is 9.03. The quantitative estimate of drug-likeness (QED) is 0.627. The molecule has 1 amide bonds. The molecule has 1 heterocycles. The number of imidazole rings is 1. The molecule has 27 heavy (non-hydrogen) atoms. The van der Waals surface area contributed by atoms with Gasteiger partial charge in [-0.2, -0.15) is 0 Å². The van der Waals surface area contributed by atoms with Crippen molar-refractivity contribution in [3.63, 3.8) is 0 Å². The van der Waals surface area contributed by atoms with Crippen molar-refractivity contribution in [2.75, 3.05) is 6.61 Å². The molecule has 0 aliphatic heterocycles. The Labute approximate surface area is 159 Å². The van der Waals surface area contributed by atoms with Crippen molar-refractivity contribution in [1.29, 1.82) is 0 Å². The average molecular weight is 363 g/mol. The lowest BCUT2D eigenvalue weighted by atomic mass is 10.2. The Morgan fingerprint density at radius 2 is 1.85 bits per heavy atom. The molecule has 0 aliphatic carbocycles. The van der Waals surface area contributed by atoms with E-state index in [0.717, 1.165) is 29.9 Å². The fourth-order valence-corrected chi connectivity index (χ4v) is 2.85. The van der Waals surface area contributed by atoms with Gasteiger partial charge < -0.3 is 15.0 Å². The molecule has 1 atom stereocenters. The molecular weight excluding hydrogens is 338 g/mol. The van der Waals surface area contributed by atoms with Gasteiger partial charge in [0, 0.05) is 0 Å². The van der Waals surface area contributed by atoms with E-state index >= 15 is 0 Å². The van der Waals surface area contributed by atoms with Gasteiger partial charge in [-0.3, -0.25) is 4.79 Å². The molecule has 2 aromatic carbocycles. The zero-order chi connectivity index (χ0) is 19.1. The van der Waals surface area contributed by atoms with Crippen molar-refractivity contribution in [2.24, 2.45) is 0 Å². The van der Waals surface area contributed by atoms with Crippen molar-refractivity contribution >= 4 is 5.91 Å². The van der Waals surface area contributed by atoms with Crippen LogP contribution in [0.25, 0.3) is 11.3 Å². The molecule has 0 saturated carbocycles. The highest BCUT2D eigenvalue weighted by Crippen LogP contribution is 2.20. The van der Waals surface area contributed by atoms with Crippen LogP contribution in [0.1, 0.15) is 37.7 Å². The predicted octanol–water partition coefficient (Wildman–Crippen LogP) is 4.29. The summed E-state index contributed by atoms with van der Waals surface area (Å²) < 4.78 is 5.58. The monoisotopic (exact) mass is 363 g/mol. The van der Waals surface area contributed by atoms with E-state index in [-0.39, 0.29) is 18.6 Å². The number of nitrogens with one attached hydrogen (secondary N) is 2. The standard InChI is InChI=1S/C22H25N3O2/c1-3-16-10-12-18(13-11-16)27-15-21(26)24-19(4-2)22-23-14-20(25-22)17-8-6-5-7-9-17/h5-14,19H,3-4,15H2,1-2H3,(H,23,25)(H,24,26). The van der Waals surface area contributed by atoms with Crippen LogP contribution in [0.3, 0.4) is 0 Å². The van der Waals surface area contributed by atoms with Crippen molar-refractivity contribution in [1.82, 2.24) is 15.3 Å². The van der Waals surface area contributed by atoms with Gasteiger partial charge >= 0.3 is 0 Å². The van der Waals surface area contributed by atoms with Crippen LogP contribution in [0.4, 0.5) is 0 Å². The first-order valence-electron chi connectivity index (χ1n) is 9.31. The molecule has 1 unspecified atom stereocenters. The highest BCUT2D eigenvalue weighted by molar-refractivity contribution is 5.78. The highest BCUT2D eigenvalue weighted by atomic mass is 16.5. The van der Waals surface area contributed by atoms with Crippen LogP contribution in [0.15, 0.2) is 60.8 Å². The van der Waals surface area contributed by atoms with E-state index in [0.29, 0.717) is 5.75 Å². The Bertz CT molecular complexity index is 857. The third kappa shape index (κ3) is 4.97. The molecule has 5 heteroatoms. The van der Waals surface area contributed by atoms with E-state index in [1.54, 1.807) is 6.20 Å². The molecule has 5 nitrogen and oxygen atoms in total. The Balaban J connectivity index is 1.57. The van der Waals surface area contributed by atoms with Gasteiger partial charge in [0.15, 0.2) is 6.61 Å². The van der Waals surface area contributed by atoms with Gasteiger partial charge in [-0.25, -0.2) is 4.98 Å². The summed E-state index contributed by atoms with van der Waals surface area (Å²) in [6.45, 7) is 4.10. The number of aryl methyl sites for hydroxylation is 1. The van der Waals surface area contributed by atoms with Gasteiger partial charge in [0.2, 0.25) is 0 Å². The minimum atomic E-state index is -0.180. The van der Waals surface area contributed by atoms with Gasteiger partial charge in [0.1, 0.15) is 11.6 Å². The number of benzene rings is 2. The summed E-state index contributed by atoms with van der Waals surface area (Å²) in [5.41, 5.74) is 3.24. The molecule has 0 spiro atoms. The Morgan fingerprint density at radius 1 is 1.11 bits per heavy atom. The molecule has 140 valence electrons. The second-order valence-electron chi connectivity index (χ2n) is 6.36. The smallest absolute Gasteiger partial charge is 0.258 e. The van der Waals surface area contributed by atoms with Crippen molar-refractivity contribution in [2.45, 2.75) is 32.7 Å². The number of aromatic amines is 1. The van der Waals surface area contributed by atoms with E-state index in [2.05, 4.69) is 22.2 Å². The van der Waals surface area contributed by atoms with Crippen molar-refractivity contribution in [3.8, 4) is 17.0 Å². The first-order chi connectivity index (χ1) is 13.2. The molecule has 0 bridgehead atoms. The van der Waals surface area contributed by atoms with E-state index in [1.807, 2.05) is 61.5 Å². The first-order valence-corrected chi connectivity index (χ1v) is 9.31. The van der Waals surface area contributed by atoms with E-state index in [4.69, 9.17) is 4.74 Å². The Hall–Kier alpha value is -3.08. The minimum Gasteiger partial charge on any atom is -0.484 e. The third-order valence-corrected chi connectivity index (χ3v) is 4.46. The molecule has 0 fully saturated rings. The molecule has 1 aromatic heterocycles. The number of carbonyl (C=O) groups is 1. The molecule has 3 aromatic rings. The highest BCUT2D eigenvalue weighted by Gasteiger charge is 2.16. The summed E-state index contributed by atoms with van der Waals surface area (Å²) in [5.74, 6) is 1.27. The van der Waals surface area contributed by atoms with E-state index < -0.39 is 0 Å². The number of aromatic nitrogens is 2. The topological polar surface area (TPSA) is 67.0 Å². The summed E-state index contributed by atoms with van der Waals surface area (Å²) >= 11 is 0. The van der Waals surface area contributed by atoms with E-state index in [9.17, 15) is 4.79 Å². The van der Waals surface area contributed by atoms with Gasteiger partial charge in [-0.1, -0.05) is 56.3 Å². The molecule has 0 saturated heterocycles. The third-order valence-electron chi connectivity index (χ3n) is 4.46. The zero-order valence-corrected chi connectivity index (χ0v) is 15.7. The number of carbonyl (C=O) groups excluding carboxylic acids is 1. The number of H-pyrrole nitrogens is 1. The lowest BCUT2D eigenvalue weighted by Gasteiger charge is -2.15. The molecule has 2 N–H and O–H groups in total. The SMILES string of the molecule is CCc1ccc(OCC(=O)NC(CC)c2ncc(-c3ccccc3)[nH]2)cc1. The summed E-state index contributed by atoms with van der Waals surface area (Å²) in [5, 5.41) is 2.98. The van der Waals surface area contributed by atoms with Crippen LogP contribution < -0.4 is 10.1 Å². The van der Waals surface area contributed by atoms with Crippen LogP contribution in [-0.4, -0.2) is 22.5 Å². The first kappa shape index (κ1) is 18.7. The number of hydrogen-bond donors (Lipinski definition) is 2. The summed E-state index contributed by atoms with van der Waals surface area (Å²) in [6, 6.07) is 17.6. The van der Waals surface area contributed by atoms with Gasteiger partial charge in [-0.15, -0.1) is 0 Å². The van der Waals surface area contributed by atoms with Crippen LogP contribution in [0, 0.1) is 0 Å². The van der Waals surface area contributed by atoms with Crippen LogP contribution in [0.5, 0.6) is 5.75 Å². The summed E-state index contributed by atoms with van der Waals surface area (Å²) in [6.07, 6.45) is 3.51. The Kier molecular flexibility index (Phi) is 6.26. The van der Waals surface area contributed by atoms with Gasteiger partial charge in [0.25, 0.3) is 5.91 Å². The maximum Gasteiger partial charge on any atom is 0.258 e. The van der Waals surface area contributed by atoms with E-state index in [1.165, 1.54) is 5.56 Å². The zero-order valence-electron chi connectivity index (χ0n) is 15.7. The Morgan fingerprint density at radius 3 is 2.52 bits per heavy atom. The molecule has 0 aliphatic rings. The van der Waals surface area contributed by atoms with Crippen molar-refractivity contribution in [3.05, 3.63) is 72.2 Å². The molecule has 3 rings (SSSR count). The number of amides is 1. The number of hydrogen-bond acceptors (Lipinski definition) is 3. The summed E-state index contributed by atoms with van der Waals surface area (Å²) in [7, 11) is 0. The van der Waals surface area contributed by atoms with Gasteiger partial charge in [-0.05, 0) is 36.1 Å².